The normalized spacial score (nSPS) is 24.5. The molecule has 3 rings (SSSR count). The van der Waals surface area contributed by atoms with Gasteiger partial charge in [-0.1, -0.05) is 30.4 Å². The Labute approximate surface area is 94.9 Å². The molecule has 2 nitrogen and oxygen atoms in total. The molecule has 0 saturated heterocycles. The van der Waals surface area contributed by atoms with Crippen molar-refractivity contribution in [3.05, 3.63) is 53.1 Å². The molecule has 0 aromatic heterocycles. The van der Waals surface area contributed by atoms with E-state index in [9.17, 15) is 0 Å². The first-order valence-corrected chi connectivity index (χ1v) is 5.46. The molecule has 0 saturated carbocycles. The van der Waals surface area contributed by atoms with Gasteiger partial charge in [0.25, 0.3) is 0 Å². The zero-order valence-electron chi connectivity index (χ0n) is 9.07. The van der Waals surface area contributed by atoms with Gasteiger partial charge in [-0.15, -0.1) is 0 Å². The Bertz CT molecular complexity index is 547. The summed E-state index contributed by atoms with van der Waals surface area (Å²) < 4.78 is 0. The van der Waals surface area contributed by atoms with E-state index in [-0.39, 0.29) is 0 Å². The minimum atomic E-state index is 0.313. The fourth-order valence-corrected chi connectivity index (χ4v) is 2.59. The number of fused-ring (bicyclic) bond motifs is 3. The maximum Gasteiger partial charge on any atom is 0.101 e. The van der Waals surface area contributed by atoms with Crippen LogP contribution in [-0.4, -0.2) is 6.04 Å². The van der Waals surface area contributed by atoms with Gasteiger partial charge in [-0.2, -0.15) is 5.26 Å². The SMILES string of the molecule is Cc1ccc(C#N)c2c1C1C=CC=CC1N2. The Morgan fingerprint density at radius 3 is 2.88 bits per heavy atom. The number of rotatable bonds is 0. The van der Waals surface area contributed by atoms with Crippen LogP contribution in [0.1, 0.15) is 22.6 Å². The molecule has 1 aromatic carbocycles. The molecule has 0 spiro atoms. The van der Waals surface area contributed by atoms with E-state index in [1.54, 1.807) is 0 Å². The van der Waals surface area contributed by atoms with Crippen LogP contribution in [-0.2, 0) is 0 Å². The second-order valence-corrected chi connectivity index (χ2v) is 4.30. The first-order chi connectivity index (χ1) is 7.81. The van der Waals surface area contributed by atoms with Crippen LogP contribution in [0.5, 0.6) is 0 Å². The summed E-state index contributed by atoms with van der Waals surface area (Å²) >= 11 is 0. The molecule has 2 unspecified atom stereocenters. The van der Waals surface area contributed by atoms with E-state index >= 15 is 0 Å². The lowest BCUT2D eigenvalue weighted by atomic mass is 9.88. The Morgan fingerprint density at radius 1 is 1.25 bits per heavy atom. The van der Waals surface area contributed by atoms with E-state index in [0.29, 0.717) is 12.0 Å². The van der Waals surface area contributed by atoms with Crippen molar-refractivity contribution in [3.63, 3.8) is 0 Å². The van der Waals surface area contributed by atoms with Crippen LogP contribution in [0.2, 0.25) is 0 Å². The molecule has 1 aliphatic heterocycles. The topological polar surface area (TPSA) is 35.8 Å². The lowest BCUT2D eigenvalue weighted by molar-refractivity contribution is 0.801. The zero-order chi connectivity index (χ0) is 11.1. The van der Waals surface area contributed by atoms with Gasteiger partial charge in [0, 0.05) is 5.92 Å². The van der Waals surface area contributed by atoms with Crippen LogP contribution in [0.15, 0.2) is 36.4 Å². The maximum absolute atomic E-state index is 9.10. The van der Waals surface area contributed by atoms with Gasteiger partial charge in [-0.3, -0.25) is 0 Å². The predicted octanol–water partition coefficient (Wildman–Crippen LogP) is 2.87. The summed E-state index contributed by atoms with van der Waals surface area (Å²) in [4.78, 5) is 0. The molecular formula is C14H12N2. The van der Waals surface area contributed by atoms with Gasteiger partial charge in [0.2, 0.25) is 0 Å². The lowest BCUT2D eigenvalue weighted by Crippen LogP contribution is -2.17. The summed E-state index contributed by atoms with van der Waals surface area (Å²) in [6.07, 6.45) is 8.50. The number of hydrogen-bond donors (Lipinski definition) is 1. The molecule has 2 aliphatic rings. The summed E-state index contributed by atoms with van der Waals surface area (Å²) in [6.45, 7) is 2.11. The highest BCUT2D eigenvalue weighted by molar-refractivity contribution is 5.72. The van der Waals surface area contributed by atoms with Gasteiger partial charge < -0.3 is 5.32 Å². The van der Waals surface area contributed by atoms with Gasteiger partial charge >= 0.3 is 0 Å². The monoisotopic (exact) mass is 208 g/mol. The van der Waals surface area contributed by atoms with Crippen molar-refractivity contribution < 1.29 is 0 Å². The quantitative estimate of drug-likeness (QED) is 0.711. The molecule has 16 heavy (non-hydrogen) atoms. The van der Waals surface area contributed by atoms with E-state index in [0.717, 1.165) is 11.3 Å². The Kier molecular flexibility index (Phi) is 1.87. The van der Waals surface area contributed by atoms with Crippen molar-refractivity contribution in [2.45, 2.75) is 18.9 Å². The molecule has 1 aliphatic carbocycles. The number of aryl methyl sites for hydroxylation is 1. The van der Waals surface area contributed by atoms with Crippen molar-refractivity contribution in [2.75, 3.05) is 5.32 Å². The molecule has 0 radical (unpaired) electrons. The van der Waals surface area contributed by atoms with Gasteiger partial charge in [0.05, 0.1) is 17.3 Å². The fourth-order valence-electron chi connectivity index (χ4n) is 2.59. The van der Waals surface area contributed by atoms with Gasteiger partial charge in [-0.05, 0) is 24.1 Å². The third kappa shape index (κ3) is 1.12. The van der Waals surface area contributed by atoms with Crippen LogP contribution in [0.3, 0.4) is 0 Å². The molecule has 1 heterocycles. The molecule has 0 fully saturated rings. The number of nitriles is 1. The standard InChI is InChI=1S/C14H12N2/c1-9-6-7-10(8-15)14-13(9)11-4-2-3-5-12(11)16-14/h2-7,11-12,16H,1H3. The van der Waals surface area contributed by atoms with Crippen LogP contribution < -0.4 is 5.32 Å². The minimum Gasteiger partial charge on any atom is -0.377 e. The van der Waals surface area contributed by atoms with Crippen LogP contribution in [0, 0.1) is 18.3 Å². The van der Waals surface area contributed by atoms with Crippen molar-refractivity contribution in [1.82, 2.24) is 0 Å². The summed E-state index contributed by atoms with van der Waals surface area (Å²) in [5, 5.41) is 12.5. The van der Waals surface area contributed by atoms with E-state index in [1.807, 2.05) is 12.1 Å². The van der Waals surface area contributed by atoms with E-state index in [4.69, 9.17) is 5.26 Å². The van der Waals surface area contributed by atoms with Gasteiger partial charge in [0.1, 0.15) is 6.07 Å². The van der Waals surface area contributed by atoms with Crippen LogP contribution in [0.4, 0.5) is 5.69 Å². The molecular weight excluding hydrogens is 196 g/mol. The largest absolute Gasteiger partial charge is 0.377 e. The average molecular weight is 208 g/mol. The number of hydrogen-bond acceptors (Lipinski definition) is 2. The van der Waals surface area contributed by atoms with Crippen molar-refractivity contribution >= 4 is 5.69 Å². The molecule has 1 aromatic rings. The first-order valence-electron chi connectivity index (χ1n) is 5.46. The summed E-state index contributed by atoms with van der Waals surface area (Å²) in [5.74, 6) is 0.383. The average Bonchev–Trinajstić information content (AvgIpc) is 2.69. The Morgan fingerprint density at radius 2 is 2.06 bits per heavy atom. The summed E-state index contributed by atoms with van der Waals surface area (Å²) in [5.41, 5.74) is 4.31. The molecule has 0 bridgehead atoms. The first kappa shape index (κ1) is 9.23. The summed E-state index contributed by atoms with van der Waals surface area (Å²) in [6, 6.07) is 6.50. The highest BCUT2D eigenvalue weighted by Gasteiger charge is 2.32. The third-order valence-corrected chi connectivity index (χ3v) is 3.36. The lowest BCUT2D eigenvalue weighted by Gasteiger charge is -2.16. The van der Waals surface area contributed by atoms with Crippen LogP contribution >= 0.6 is 0 Å². The number of nitrogens with one attached hydrogen (secondary N) is 1. The predicted molar refractivity (Wildman–Crippen MR) is 64.3 cm³/mol. The number of benzene rings is 1. The molecule has 78 valence electrons. The number of allylic oxidation sites excluding steroid dienone is 2. The van der Waals surface area contributed by atoms with E-state index < -0.39 is 0 Å². The van der Waals surface area contributed by atoms with Gasteiger partial charge in [0.15, 0.2) is 0 Å². The highest BCUT2D eigenvalue weighted by Crippen LogP contribution is 2.42. The Hall–Kier alpha value is -2.01. The number of nitrogens with zero attached hydrogens (tertiary/aromatic N) is 1. The van der Waals surface area contributed by atoms with Crippen molar-refractivity contribution in [1.29, 1.82) is 5.26 Å². The van der Waals surface area contributed by atoms with E-state index in [2.05, 4.69) is 42.6 Å². The van der Waals surface area contributed by atoms with Crippen molar-refractivity contribution in [2.24, 2.45) is 0 Å². The fraction of sp³-hybridized carbons (Fsp3) is 0.214. The molecule has 0 amide bonds. The van der Waals surface area contributed by atoms with Crippen molar-refractivity contribution in [3.8, 4) is 6.07 Å². The molecule has 1 N–H and O–H groups in total. The molecule has 2 heteroatoms. The maximum atomic E-state index is 9.10. The highest BCUT2D eigenvalue weighted by atomic mass is 15.0. The summed E-state index contributed by atoms with van der Waals surface area (Å²) in [7, 11) is 0. The number of anilines is 1. The van der Waals surface area contributed by atoms with Crippen LogP contribution in [0.25, 0.3) is 0 Å². The Balaban J connectivity index is 2.22. The second kappa shape index (κ2) is 3.24. The molecule has 2 atom stereocenters. The minimum absolute atomic E-state index is 0.313. The van der Waals surface area contributed by atoms with E-state index in [1.165, 1.54) is 11.1 Å². The second-order valence-electron chi connectivity index (χ2n) is 4.30. The smallest absolute Gasteiger partial charge is 0.101 e. The van der Waals surface area contributed by atoms with Gasteiger partial charge in [-0.25, -0.2) is 0 Å². The third-order valence-electron chi connectivity index (χ3n) is 3.36. The zero-order valence-corrected chi connectivity index (χ0v) is 9.07.